The number of hydrogen-bond acceptors (Lipinski definition) is 5. The van der Waals surface area contributed by atoms with E-state index in [1.165, 1.54) is 0 Å². The number of aliphatic imine (C=N–C) groups is 2. The first-order valence-corrected chi connectivity index (χ1v) is 10.5. The smallest absolute Gasteiger partial charge is 0.152 e. The van der Waals surface area contributed by atoms with Gasteiger partial charge in [0.25, 0.3) is 0 Å². The van der Waals surface area contributed by atoms with Crippen molar-refractivity contribution >= 4 is 28.8 Å². The van der Waals surface area contributed by atoms with Gasteiger partial charge >= 0.3 is 0 Å². The second-order valence-electron chi connectivity index (χ2n) is 8.09. The lowest BCUT2D eigenvalue weighted by molar-refractivity contribution is 0.253. The summed E-state index contributed by atoms with van der Waals surface area (Å²) < 4.78 is 0. The number of nitrogens with zero attached hydrogens (tertiary/aromatic N) is 4. The summed E-state index contributed by atoms with van der Waals surface area (Å²) in [4.78, 5) is 16.9. The summed E-state index contributed by atoms with van der Waals surface area (Å²) in [6, 6.07) is 10.0. The molecule has 3 aliphatic heterocycles. The van der Waals surface area contributed by atoms with E-state index in [0.29, 0.717) is 17.5 Å². The van der Waals surface area contributed by atoms with Crippen molar-refractivity contribution in [3.05, 3.63) is 69.6 Å². The fraction of sp³-hybridized carbons (Fsp3) is 0.348. The number of amidine groups is 1. The summed E-state index contributed by atoms with van der Waals surface area (Å²) >= 11 is 6.55. The van der Waals surface area contributed by atoms with Crippen molar-refractivity contribution in [1.82, 2.24) is 9.88 Å². The van der Waals surface area contributed by atoms with Gasteiger partial charge in [0.2, 0.25) is 0 Å². The number of benzene rings is 1. The number of nitrogens with one attached hydrogen (secondary N) is 1. The first-order chi connectivity index (χ1) is 14.1. The molecule has 29 heavy (non-hydrogen) atoms. The van der Waals surface area contributed by atoms with E-state index in [1.807, 2.05) is 30.5 Å². The van der Waals surface area contributed by atoms with Gasteiger partial charge in [0.1, 0.15) is 5.70 Å². The number of pyridine rings is 1. The van der Waals surface area contributed by atoms with Gasteiger partial charge in [-0.25, -0.2) is 4.99 Å². The molecular formula is C23H24ClN5. The molecule has 1 saturated heterocycles. The lowest BCUT2D eigenvalue weighted by Crippen LogP contribution is -2.29. The first-order valence-electron chi connectivity index (χ1n) is 10.1. The SMILES string of the molecule is CC1=C2N=C(c3ccccc3Cl)c3cnc(C4CCN(C)CC4)cc3NC2=NC1. The highest BCUT2D eigenvalue weighted by Crippen LogP contribution is 2.34. The minimum absolute atomic E-state index is 0.490. The zero-order valence-corrected chi connectivity index (χ0v) is 17.5. The third-order valence-corrected chi connectivity index (χ3v) is 6.36. The average Bonchev–Trinajstić information content (AvgIpc) is 2.98. The Morgan fingerprint density at radius 3 is 2.72 bits per heavy atom. The number of halogens is 1. The first kappa shape index (κ1) is 18.5. The maximum atomic E-state index is 6.55. The quantitative estimate of drug-likeness (QED) is 0.800. The van der Waals surface area contributed by atoms with Crippen LogP contribution in [-0.4, -0.2) is 48.1 Å². The summed E-state index contributed by atoms with van der Waals surface area (Å²) in [5.41, 5.74) is 6.96. The molecule has 1 aromatic carbocycles. The van der Waals surface area contributed by atoms with Gasteiger partial charge in [-0.05, 0) is 57.6 Å². The summed E-state index contributed by atoms with van der Waals surface area (Å²) in [6.45, 7) is 4.99. The number of likely N-dealkylation sites (tertiary alicyclic amines) is 1. The Balaban J connectivity index is 1.62. The van der Waals surface area contributed by atoms with E-state index < -0.39 is 0 Å². The van der Waals surface area contributed by atoms with E-state index in [0.717, 1.165) is 71.3 Å². The van der Waals surface area contributed by atoms with Crippen LogP contribution >= 0.6 is 11.6 Å². The minimum Gasteiger partial charge on any atom is -0.338 e. The maximum absolute atomic E-state index is 6.55. The van der Waals surface area contributed by atoms with E-state index in [1.54, 1.807) is 0 Å². The summed E-state index contributed by atoms with van der Waals surface area (Å²) in [5.74, 6) is 1.33. The topological polar surface area (TPSA) is 52.9 Å². The fourth-order valence-corrected chi connectivity index (χ4v) is 4.47. The van der Waals surface area contributed by atoms with Crippen LogP contribution in [0.4, 0.5) is 5.69 Å². The highest BCUT2D eigenvalue weighted by molar-refractivity contribution is 6.36. The monoisotopic (exact) mass is 405 g/mol. The molecule has 4 heterocycles. The molecule has 0 amide bonds. The van der Waals surface area contributed by atoms with Gasteiger partial charge in [-0.15, -0.1) is 0 Å². The highest BCUT2D eigenvalue weighted by Gasteiger charge is 2.27. The zero-order chi connectivity index (χ0) is 20.0. The summed E-state index contributed by atoms with van der Waals surface area (Å²) in [6.07, 6.45) is 4.23. The Hall–Kier alpha value is -2.50. The molecule has 0 radical (unpaired) electrons. The number of piperidine rings is 1. The van der Waals surface area contributed by atoms with Crippen molar-refractivity contribution in [1.29, 1.82) is 0 Å². The van der Waals surface area contributed by atoms with Crippen molar-refractivity contribution in [2.24, 2.45) is 9.98 Å². The lowest BCUT2D eigenvalue weighted by Gasteiger charge is -2.29. The second-order valence-corrected chi connectivity index (χ2v) is 8.50. The van der Waals surface area contributed by atoms with Crippen LogP contribution in [0.15, 0.2) is 57.8 Å². The maximum Gasteiger partial charge on any atom is 0.152 e. The molecule has 6 heteroatoms. The molecule has 0 saturated carbocycles. The van der Waals surface area contributed by atoms with Gasteiger partial charge in [-0.1, -0.05) is 29.8 Å². The molecule has 0 atom stereocenters. The molecule has 1 aromatic heterocycles. The number of rotatable bonds is 2. The van der Waals surface area contributed by atoms with Crippen LogP contribution in [0.5, 0.6) is 0 Å². The molecule has 1 fully saturated rings. The number of aromatic nitrogens is 1. The van der Waals surface area contributed by atoms with E-state index in [4.69, 9.17) is 21.6 Å². The van der Waals surface area contributed by atoms with E-state index in [-0.39, 0.29) is 0 Å². The predicted octanol–water partition coefficient (Wildman–Crippen LogP) is 4.49. The predicted molar refractivity (Wildman–Crippen MR) is 119 cm³/mol. The van der Waals surface area contributed by atoms with Crippen molar-refractivity contribution in [2.75, 3.05) is 32.0 Å². The lowest BCUT2D eigenvalue weighted by atomic mass is 9.92. The second kappa shape index (κ2) is 7.39. The van der Waals surface area contributed by atoms with Crippen molar-refractivity contribution in [2.45, 2.75) is 25.7 Å². The van der Waals surface area contributed by atoms with Crippen LogP contribution in [0.25, 0.3) is 0 Å². The molecule has 148 valence electrons. The Kier molecular flexibility index (Phi) is 4.72. The van der Waals surface area contributed by atoms with Gasteiger partial charge in [0, 0.05) is 34.0 Å². The standard InChI is InChI=1S/C23H24ClN5/c1-14-12-26-23-21(14)28-22(16-5-3-4-6-18(16)24)17-13-25-19(11-20(17)27-23)15-7-9-29(2)10-8-15/h3-6,11,13,15H,7-10,12H2,1-2H3,(H,26,27). The average molecular weight is 406 g/mol. The normalized spacial score (nSPS) is 19.8. The molecule has 0 unspecified atom stereocenters. The molecule has 0 aliphatic carbocycles. The molecule has 0 spiro atoms. The van der Waals surface area contributed by atoms with Gasteiger partial charge in [-0.3, -0.25) is 9.98 Å². The van der Waals surface area contributed by atoms with E-state index in [2.05, 4.69) is 35.2 Å². The zero-order valence-electron chi connectivity index (χ0n) is 16.7. The van der Waals surface area contributed by atoms with E-state index in [9.17, 15) is 0 Å². The van der Waals surface area contributed by atoms with Crippen LogP contribution in [0.2, 0.25) is 5.02 Å². The van der Waals surface area contributed by atoms with Crippen LogP contribution in [-0.2, 0) is 0 Å². The van der Waals surface area contributed by atoms with Crippen molar-refractivity contribution < 1.29 is 0 Å². The molecule has 0 bridgehead atoms. The molecular weight excluding hydrogens is 382 g/mol. The minimum atomic E-state index is 0.490. The van der Waals surface area contributed by atoms with Gasteiger partial charge < -0.3 is 10.2 Å². The molecule has 3 aliphatic rings. The Morgan fingerprint density at radius 2 is 1.93 bits per heavy atom. The molecule has 2 aromatic rings. The van der Waals surface area contributed by atoms with Crippen molar-refractivity contribution in [3.8, 4) is 0 Å². The van der Waals surface area contributed by atoms with Crippen LogP contribution in [0, 0.1) is 0 Å². The summed E-state index contributed by atoms with van der Waals surface area (Å²) in [5, 5.41) is 4.23. The number of fused-ring (bicyclic) bond motifs is 2. The Morgan fingerprint density at radius 1 is 1.14 bits per heavy atom. The molecule has 1 N–H and O–H groups in total. The third-order valence-electron chi connectivity index (χ3n) is 6.03. The van der Waals surface area contributed by atoms with Crippen LogP contribution in [0.3, 0.4) is 0 Å². The largest absolute Gasteiger partial charge is 0.338 e. The highest BCUT2D eigenvalue weighted by atomic mass is 35.5. The van der Waals surface area contributed by atoms with Gasteiger partial charge in [0.05, 0.1) is 17.9 Å². The van der Waals surface area contributed by atoms with Crippen molar-refractivity contribution in [3.63, 3.8) is 0 Å². The molecule has 5 nitrogen and oxygen atoms in total. The van der Waals surface area contributed by atoms with E-state index >= 15 is 0 Å². The fourth-order valence-electron chi connectivity index (χ4n) is 4.25. The number of hydrogen-bond donors (Lipinski definition) is 1. The summed E-state index contributed by atoms with van der Waals surface area (Å²) in [7, 11) is 2.18. The van der Waals surface area contributed by atoms with Crippen LogP contribution in [0.1, 0.15) is 42.5 Å². The van der Waals surface area contributed by atoms with Gasteiger partial charge in [-0.2, -0.15) is 0 Å². The number of anilines is 1. The van der Waals surface area contributed by atoms with Crippen LogP contribution < -0.4 is 5.32 Å². The Labute approximate surface area is 176 Å². The Bertz CT molecular complexity index is 1060. The van der Waals surface area contributed by atoms with Gasteiger partial charge in [0.15, 0.2) is 5.84 Å². The third kappa shape index (κ3) is 3.38. The molecule has 5 rings (SSSR count).